The zero-order chi connectivity index (χ0) is 10.4. The van der Waals surface area contributed by atoms with Gasteiger partial charge in [0.25, 0.3) is 0 Å². The number of hydrogen-bond acceptors (Lipinski definition) is 3. The predicted octanol–water partition coefficient (Wildman–Crippen LogP) is 1.75. The van der Waals surface area contributed by atoms with Crippen LogP contribution in [0.1, 0.15) is 45.5 Å². The Bertz CT molecular complexity index is 256. The van der Waals surface area contributed by atoms with Gasteiger partial charge in [0.15, 0.2) is 5.82 Å². The first-order chi connectivity index (χ1) is 6.77. The lowest BCUT2D eigenvalue weighted by molar-refractivity contribution is 0.449. The molecule has 0 fully saturated rings. The second-order valence-electron chi connectivity index (χ2n) is 3.56. The summed E-state index contributed by atoms with van der Waals surface area (Å²) in [5.41, 5.74) is 0. The fourth-order valence-electron chi connectivity index (χ4n) is 1.39. The number of hydrogen-bond donors (Lipinski definition) is 1. The van der Waals surface area contributed by atoms with Gasteiger partial charge in [0.05, 0.1) is 12.6 Å². The second kappa shape index (κ2) is 5.75. The number of nitrogens with zero attached hydrogens (tertiary/aromatic N) is 3. The molecule has 1 atom stereocenters. The van der Waals surface area contributed by atoms with Crippen LogP contribution in [-0.4, -0.2) is 21.3 Å². The normalized spacial score (nSPS) is 13.1. The summed E-state index contributed by atoms with van der Waals surface area (Å²) in [6.07, 6.45) is 4.17. The number of nitrogens with one attached hydrogen (secondary N) is 1. The molecule has 1 aromatic heterocycles. The van der Waals surface area contributed by atoms with Crippen molar-refractivity contribution in [1.82, 2.24) is 20.1 Å². The van der Waals surface area contributed by atoms with Gasteiger partial charge in [-0.2, -0.15) is 5.10 Å². The molecule has 0 aliphatic rings. The average molecular weight is 196 g/mol. The van der Waals surface area contributed by atoms with E-state index in [0.29, 0.717) is 6.04 Å². The highest BCUT2D eigenvalue weighted by molar-refractivity contribution is 4.82. The van der Waals surface area contributed by atoms with Crippen molar-refractivity contribution >= 4 is 0 Å². The van der Waals surface area contributed by atoms with E-state index in [-0.39, 0.29) is 0 Å². The molecule has 0 aromatic carbocycles. The van der Waals surface area contributed by atoms with Crippen LogP contribution in [0.15, 0.2) is 6.33 Å². The molecule has 0 amide bonds. The maximum absolute atomic E-state index is 4.41. The summed E-state index contributed by atoms with van der Waals surface area (Å²) in [7, 11) is 0. The van der Waals surface area contributed by atoms with Crippen LogP contribution in [0.4, 0.5) is 0 Å². The first kappa shape index (κ1) is 11.2. The molecule has 1 unspecified atom stereocenters. The second-order valence-corrected chi connectivity index (χ2v) is 3.56. The molecule has 0 saturated heterocycles. The Kier molecular flexibility index (Phi) is 4.59. The van der Waals surface area contributed by atoms with E-state index in [1.165, 1.54) is 6.42 Å². The topological polar surface area (TPSA) is 42.7 Å². The van der Waals surface area contributed by atoms with E-state index in [2.05, 4.69) is 36.2 Å². The first-order valence-corrected chi connectivity index (χ1v) is 5.38. The Hall–Kier alpha value is -0.900. The van der Waals surface area contributed by atoms with Gasteiger partial charge in [-0.3, -0.25) is 0 Å². The molecule has 0 radical (unpaired) electrons. The molecule has 1 N–H and O–H groups in total. The predicted molar refractivity (Wildman–Crippen MR) is 57.0 cm³/mol. The molecule has 14 heavy (non-hydrogen) atoms. The molecule has 0 saturated carbocycles. The number of rotatable bonds is 6. The Morgan fingerprint density at radius 1 is 1.50 bits per heavy atom. The van der Waals surface area contributed by atoms with Gasteiger partial charge in [-0.05, 0) is 19.9 Å². The molecule has 0 aliphatic carbocycles. The van der Waals surface area contributed by atoms with Gasteiger partial charge in [-0.25, -0.2) is 9.67 Å². The summed E-state index contributed by atoms with van der Waals surface area (Å²) in [6.45, 7) is 8.17. The highest BCUT2D eigenvalue weighted by Crippen LogP contribution is 2.10. The average Bonchev–Trinajstić information content (AvgIpc) is 2.63. The van der Waals surface area contributed by atoms with Crippen molar-refractivity contribution in [2.45, 2.75) is 46.2 Å². The number of aromatic nitrogens is 3. The van der Waals surface area contributed by atoms with E-state index >= 15 is 0 Å². The zero-order valence-electron chi connectivity index (χ0n) is 9.32. The van der Waals surface area contributed by atoms with Crippen molar-refractivity contribution in [3.8, 4) is 0 Å². The smallest absolute Gasteiger partial charge is 0.164 e. The summed E-state index contributed by atoms with van der Waals surface area (Å²) < 4.78 is 1.95. The molecule has 1 rings (SSSR count). The Balaban J connectivity index is 2.49. The summed E-state index contributed by atoms with van der Waals surface area (Å²) in [6, 6.07) is 0.461. The molecule has 4 nitrogen and oxygen atoms in total. The molecule has 0 aliphatic heterocycles. The lowest BCUT2D eigenvalue weighted by Crippen LogP contribution is -2.13. The Morgan fingerprint density at radius 3 is 2.93 bits per heavy atom. The van der Waals surface area contributed by atoms with Crippen molar-refractivity contribution in [2.24, 2.45) is 0 Å². The van der Waals surface area contributed by atoms with E-state index in [0.717, 1.165) is 25.3 Å². The standard InChI is InChI=1S/C10H20N4/c1-4-6-9(3)14-8-12-10(13-14)7-11-5-2/h8-9,11H,4-7H2,1-3H3. The van der Waals surface area contributed by atoms with E-state index in [1.54, 1.807) is 0 Å². The van der Waals surface area contributed by atoms with Gasteiger partial charge >= 0.3 is 0 Å². The minimum absolute atomic E-state index is 0.461. The third-order valence-corrected chi connectivity index (χ3v) is 2.25. The fraction of sp³-hybridized carbons (Fsp3) is 0.800. The molecule has 0 bridgehead atoms. The fourth-order valence-corrected chi connectivity index (χ4v) is 1.39. The molecule has 4 heteroatoms. The van der Waals surface area contributed by atoms with Crippen LogP contribution in [0.2, 0.25) is 0 Å². The van der Waals surface area contributed by atoms with Crippen molar-refractivity contribution in [3.05, 3.63) is 12.2 Å². The zero-order valence-corrected chi connectivity index (χ0v) is 9.32. The monoisotopic (exact) mass is 196 g/mol. The molecular weight excluding hydrogens is 176 g/mol. The van der Waals surface area contributed by atoms with E-state index in [9.17, 15) is 0 Å². The third-order valence-electron chi connectivity index (χ3n) is 2.25. The van der Waals surface area contributed by atoms with Gasteiger partial charge in [-0.15, -0.1) is 0 Å². The van der Waals surface area contributed by atoms with Crippen molar-refractivity contribution in [3.63, 3.8) is 0 Å². The molecule has 1 heterocycles. The van der Waals surface area contributed by atoms with Crippen LogP contribution >= 0.6 is 0 Å². The van der Waals surface area contributed by atoms with Crippen molar-refractivity contribution in [2.75, 3.05) is 6.54 Å². The van der Waals surface area contributed by atoms with Crippen LogP contribution in [0.3, 0.4) is 0 Å². The molecule has 0 spiro atoms. The van der Waals surface area contributed by atoms with Crippen LogP contribution in [0, 0.1) is 0 Å². The summed E-state index contributed by atoms with van der Waals surface area (Å²) >= 11 is 0. The highest BCUT2D eigenvalue weighted by atomic mass is 15.3. The molecule has 1 aromatic rings. The van der Waals surface area contributed by atoms with E-state index in [4.69, 9.17) is 0 Å². The maximum Gasteiger partial charge on any atom is 0.164 e. The van der Waals surface area contributed by atoms with Crippen LogP contribution < -0.4 is 5.32 Å². The summed E-state index contributed by atoms with van der Waals surface area (Å²) in [4.78, 5) is 4.25. The molecule has 80 valence electrons. The minimum atomic E-state index is 0.461. The van der Waals surface area contributed by atoms with Crippen LogP contribution in [0.25, 0.3) is 0 Å². The van der Waals surface area contributed by atoms with Gasteiger partial charge in [0.2, 0.25) is 0 Å². The quantitative estimate of drug-likeness (QED) is 0.753. The van der Waals surface area contributed by atoms with E-state index < -0.39 is 0 Å². The Labute approximate surface area is 85.7 Å². The largest absolute Gasteiger partial charge is 0.310 e. The summed E-state index contributed by atoms with van der Waals surface area (Å²) in [5.74, 6) is 0.884. The maximum atomic E-state index is 4.41. The SMILES string of the molecule is CCCC(C)n1cnc(CNCC)n1. The van der Waals surface area contributed by atoms with Crippen molar-refractivity contribution in [1.29, 1.82) is 0 Å². The van der Waals surface area contributed by atoms with Gasteiger partial charge in [0, 0.05) is 0 Å². The summed E-state index contributed by atoms with van der Waals surface area (Å²) in [5, 5.41) is 7.62. The van der Waals surface area contributed by atoms with Crippen LogP contribution in [-0.2, 0) is 6.54 Å². The van der Waals surface area contributed by atoms with Gasteiger partial charge in [-0.1, -0.05) is 20.3 Å². The highest BCUT2D eigenvalue weighted by Gasteiger charge is 2.05. The lowest BCUT2D eigenvalue weighted by atomic mass is 10.2. The first-order valence-electron chi connectivity index (χ1n) is 5.38. The van der Waals surface area contributed by atoms with E-state index in [1.807, 2.05) is 11.0 Å². The van der Waals surface area contributed by atoms with Crippen LogP contribution in [0.5, 0.6) is 0 Å². The third kappa shape index (κ3) is 3.10. The molecular formula is C10H20N4. The Morgan fingerprint density at radius 2 is 2.29 bits per heavy atom. The minimum Gasteiger partial charge on any atom is -0.310 e. The van der Waals surface area contributed by atoms with Gasteiger partial charge in [0.1, 0.15) is 6.33 Å². The lowest BCUT2D eigenvalue weighted by Gasteiger charge is -2.08. The van der Waals surface area contributed by atoms with Crippen molar-refractivity contribution < 1.29 is 0 Å². The van der Waals surface area contributed by atoms with Gasteiger partial charge < -0.3 is 5.32 Å².